The molecule has 1 aliphatic rings. The zero-order chi connectivity index (χ0) is 15.2. The Morgan fingerprint density at radius 1 is 1.40 bits per heavy atom. The number of likely N-dealkylation sites (tertiary alicyclic amines) is 1. The second-order valence-corrected chi connectivity index (χ2v) is 6.04. The number of carbonyl (C=O) groups excluding carboxylic acids is 1. The van der Waals surface area contributed by atoms with Crippen LogP contribution in [-0.4, -0.2) is 53.2 Å². The summed E-state index contributed by atoms with van der Waals surface area (Å²) < 4.78 is 0. The summed E-state index contributed by atoms with van der Waals surface area (Å²) in [5.74, 6) is -0.843. The summed E-state index contributed by atoms with van der Waals surface area (Å²) >= 11 is 0. The van der Waals surface area contributed by atoms with E-state index in [2.05, 4.69) is 22.5 Å². The van der Waals surface area contributed by atoms with Crippen molar-refractivity contribution in [2.24, 2.45) is 0 Å². The molecule has 6 heteroatoms. The summed E-state index contributed by atoms with van der Waals surface area (Å²) in [6.45, 7) is 8.57. The Morgan fingerprint density at radius 2 is 2.10 bits per heavy atom. The van der Waals surface area contributed by atoms with Gasteiger partial charge < -0.3 is 15.7 Å². The first kappa shape index (κ1) is 16.8. The average Bonchev–Trinajstić information content (AvgIpc) is 2.81. The van der Waals surface area contributed by atoms with Crippen molar-refractivity contribution in [2.45, 2.75) is 58.0 Å². The van der Waals surface area contributed by atoms with Gasteiger partial charge in [-0.1, -0.05) is 6.92 Å². The summed E-state index contributed by atoms with van der Waals surface area (Å²) in [4.78, 5) is 24.8. The van der Waals surface area contributed by atoms with Crippen molar-refractivity contribution >= 4 is 12.0 Å². The van der Waals surface area contributed by atoms with E-state index in [4.69, 9.17) is 5.11 Å². The molecule has 0 saturated carbocycles. The topological polar surface area (TPSA) is 81.7 Å². The Labute approximate surface area is 120 Å². The third-order valence-electron chi connectivity index (χ3n) is 3.82. The third kappa shape index (κ3) is 5.77. The Morgan fingerprint density at radius 3 is 2.70 bits per heavy atom. The molecule has 0 radical (unpaired) electrons. The van der Waals surface area contributed by atoms with Gasteiger partial charge in [-0.15, -0.1) is 0 Å². The minimum Gasteiger partial charge on any atom is -0.481 e. The summed E-state index contributed by atoms with van der Waals surface area (Å²) in [5.41, 5.74) is -0.511. The molecule has 6 nitrogen and oxygen atoms in total. The quantitative estimate of drug-likeness (QED) is 0.660. The molecule has 1 aliphatic heterocycles. The highest BCUT2D eigenvalue weighted by molar-refractivity contribution is 5.75. The molecule has 1 fully saturated rings. The number of rotatable bonds is 7. The Hall–Kier alpha value is -1.30. The molecule has 0 aromatic carbocycles. The first-order valence-corrected chi connectivity index (χ1v) is 7.36. The highest BCUT2D eigenvalue weighted by Crippen LogP contribution is 2.15. The van der Waals surface area contributed by atoms with E-state index in [1.54, 1.807) is 0 Å². The number of carbonyl (C=O) groups is 2. The Balaban J connectivity index is 2.30. The average molecular weight is 285 g/mol. The van der Waals surface area contributed by atoms with Gasteiger partial charge in [-0.3, -0.25) is 9.69 Å². The van der Waals surface area contributed by atoms with Crippen molar-refractivity contribution in [3.05, 3.63) is 0 Å². The van der Waals surface area contributed by atoms with Crippen molar-refractivity contribution in [3.8, 4) is 0 Å². The van der Waals surface area contributed by atoms with E-state index in [1.165, 1.54) is 6.42 Å². The predicted octanol–water partition coefficient (Wildman–Crippen LogP) is 1.41. The first-order valence-electron chi connectivity index (χ1n) is 7.36. The molecule has 0 aromatic rings. The van der Waals surface area contributed by atoms with Gasteiger partial charge in [-0.25, -0.2) is 4.79 Å². The summed E-state index contributed by atoms with van der Waals surface area (Å²) in [5, 5.41) is 14.4. The van der Waals surface area contributed by atoms with E-state index in [0.717, 1.165) is 19.5 Å². The van der Waals surface area contributed by atoms with Crippen molar-refractivity contribution in [3.63, 3.8) is 0 Å². The summed E-state index contributed by atoms with van der Waals surface area (Å²) in [7, 11) is 0. The molecule has 20 heavy (non-hydrogen) atoms. The van der Waals surface area contributed by atoms with Gasteiger partial charge in [0, 0.05) is 24.5 Å². The van der Waals surface area contributed by atoms with Crippen LogP contribution < -0.4 is 10.6 Å². The number of nitrogens with one attached hydrogen (secondary N) is 2. The molecular weight excluding hydrogens is 258 g/mol. The number of nitrogens with zero attached hydrogens (tertiary/aromatic N) is 1. The van der Waals surface area contributed by atoms with Crippen LogP contribution in [0.25, 0.3) is 0 Å². The summed E-state index contributed by atoms with van der Waals surface area (Å²) in [6, 6.07) is 0.205. The SMILES string of the molecule is CCN1CCCC1CNC(=O)NC(C)(C)CCC(=O)O. The second-order valence-electron chi connectivity index (χ2n) is 6.04. The van der Waals surface area contributed by atoms with Gasteiger partial charge in [0.15, 0.2) is 0 Å². The highest BCUT2D eigenvalue weighted by Gasteiger charge is 2.25. The van der Waals surface area contributed by atoms with Crippen molar-refractivity contribution in [2.75, 3.05) is 19.6 Å². The third-order valence-corrected chi connectivity index (χ3v) is 3.82. The van der Waals surface area contributed by atoms with E-state index in [0.29, 0.717) is 19.0 Å². The smallest absolute Gasteiger partial charge is 0.315 e. The molecule has 116 valence electrons. The molecule has 1 rings (SSSR count). The maximum Gasteiger partial charge on any atom is 0.315 e. The van der Waals surface area contributed by atoms with E-state index in [1.807, 2.05) is 13.8 Å². The molecule has 0 spiro atoms. The molecule has 0 aromatic heterocycles. The fourth-order valence-electron chi connectivity index (χ4n) is 2.59. The number of aliphatic carboxylic acids is 1. The molecule has 1 unspecified atom stereocenters. The molecule has 0 aliphatic carbocycles. The molecule has 1 atom stereocenters. The van der Waals surface area contributed by atoms with Crippen LogP contribution in [0.1, 0.15) is 46.5 Å². The molecule has 1 saturated heterocycles. The van der Waals surface area contributed by atoms with E-state index < -0.39 is 11.5 Å². The van der Waals surface area contributed by atoms with Crippen molar-refractivity contribution in [1.82, 2.24) is 15.5 Å². The number of carboxylic acid groups (broad SMARTS) is 1. The van der Waals surface area contributed by atoms with Gasteiger partial charge in [0.1, 0.15) is 0 Å². The molecule has 3 N–H and O–H groups in total. The minimum atomic E-state index is -0.843. The normalized spacial score (nSPS) is 19.9. The van der Waals surface area contributed by atoms with Crippen LogP contribution >= 0.6 is 0 Å². The van der Waals surface area contributed by atoms with Gasteiger partial charge >= 0.3 is 12.0 Å². The van der Waals surface area contributed by atoms with Crippen LogP contribution in [-0.2, 0) is 4.79 Å². The van der Waals surface area contributed by atoms with E-state index >= 15 is 0 Å². The molecule has 1 heterocycles. The monoisotopic (exact) mass is 285 g/mol. The van der Waals surface area contributed by atoms with Gasteiger partial charge in [-0.05, 0) is 46.2 Å². The van der Waals surface area contributed by atoms with Crippen LogP contribution in [0.3, 0.4) is 0 Å². The van der Waals surface area contributed by atoms with E-state index in [9.17, 15) is 9.59 Å². The van der Waals surface area contributed by atoms with Crippen LogP contribution in [0, 0.1) is 0 Å². The van der Waals surface area contributed by atoms with Crippen molar-refractivity contribution in [1.29, 1.82) is 0 Å². The lowest BCUT2D eigenvalue weighted by molar-refractivity contribution is -0.137. The van der Waals surface area contributed by atoms with Crippen LogP contribution in [0.5, 0.6) is 0 Å². The zero-order valence-electron chi connectivity index (χ0n) is 12.7. The van der Waals surface area contributed by atoms with Crippen LogP contribution in [0.2, 0.25) is 0 Å². The minimum absolute atomic E-state index is 0.0551. The van der Waals surface area contributed by atoms with Gasteiger partial charge in [0.25, 0.3) is 0 Å². The second kappa shape index (κ2) is 7.47. The number of hydrogen-bond donors (Lipinski definition) is 3. The molecular formula is C14H27N3O3. The highest BCUT2D eigenvalue weighted by atomic mass is 16.4. The Bertz CT molecular complexity index is 345. The fourth-order valence-corrected chi connectivity index (χ4v) is 2.59. The van der Waals surface area contributed by atoms with Crippen LogP contribution in [0.15, 0.2) is 0 Å². The number of amides is 2. The maximum absolute atomic E-state index is 11.9. The van der Waals surface area contributed by atoms with Crippen LogP contribution in [0.4, 0.5) is 4.79 Å². The lowest BCUT2D eigenvalue weighted by Gasteiger charge is -2.27. The number of likely N-dealkylation sites (N-methyl/N-ethyl adjacent to an activating group) is 1. The lowest BCUT2D eigenvalue weighted by atomic mass is 9.99. The van der Waals surface area contributed by atoms with Gasteiger partial charge in [0.2, 0.25) is 0 Å². The summed E-state index contributed by atoms with van der Waals surface area (Å²) in [6.07, 6.45) is 2.78. The van der Waals surface area contributed by atoms with Crippen molar-refractivity contribution < 1.29 is 14.7 Å². The molecule has 0 bridgehead atoms. The number of hydrogen-bond acceptors (Lipinski definition) is 3. The number of urea groups is 1. The molecule has 2 amide bonds. The predicted molar refractivity (Wildman–Crippen MR) is 77.8 cm³/mol. The van der Waals surface area contributed by atoms with Gasteiger partial charge in [-0.2, -0.15) is 0 Å². The zero-order valence-corrected chi connectivity index (χ0v) is 12.7. The Kier molecular flexibility index (Phi) is 6.26. The fraction of sp³-hybridized carbons (Fsp3) is 0.857. The van der Waals surface area contributed by atoms with Gasteiger partial charge in [0.05, 0.1) is 0 Å². The first-order chi connectivity index (χ1) is 9.34. The number of carboxylic acids is 1. The largest absolute Gasteiger partial charge is 0.481 e. The standard InChI is InChI=1S/C14H27N3O3/c1-4-17-9-5-6-11(17)10-15-13(20)16-14(2,3)8-7-12(18)19/h11H,4-10H2,1-3H3,(H,18,19)(H2,15,16,20). The lowest BCUT2D eigenvalue weighted by Crippen LogP contribution is -2.51. The maximum atomic E-state index is 11.9. The van der Waals surface area contributed by atoms with E-state index in [-0.39, 0.29) is 12.5 Å².